The van der Waals surface area contributed by atoms with Gasteiger partial charge in [-0.15, -0.1) is 0 Å². The maximum atomic E-state index is 11.0. The molecule has 0 spiro atoms. The number of hydrogen-bond acceptors (Lipinski definition) is 4. The third-order valence-electron chi connectivity index (χ3n) is 6.37. The second-order valence-electron chi connectivity index (χ2n) is 9.63. The van der Waals surface area contributed by atoms with Gasteiger partial charge in [-0.3, -0.25) is 0 Å². The molecule has 1 aromatic rings. The molecule has 1 unspecified atom stereocenters. The van der Waals surface area contributed by atoms with Gasteiger partial charge in [0, 0.05) is 5.75 Å². The van der Waals surface area contributed by atoms with E-state index >= 15 is 0 Å². The monoisotopic (exact) mass is 504 g/mol. The van der Waals surface area contributed by atoms with Crippen LogP contribution in [-0.4, -0.2) is 24.8 Å². The van der Waals surface area contributed by atoms with Gasteiger partial charge in [0.1, 0.15) is 5.75 Å². The van der Waals surface area contributed by atoms with E-state index in [2.05, 4.69) is 32.0 Å². The van der Waals surface area contributed by atoms with Gasteiger partial charge in [-0.1, -0.05) is 109 Å². The molecule has 0 saturated carbocycles. The summed E-state index contributed by atoms with van der Waals surface area (Å²) >= 11 is 0. The zero-order chi connectivity index (χ0) is 24.4. The molecule has 0 heterocycles. The maximum absolute atomic E-state index is 11.0. The van der Waals surface area contributed by atoms with E-state index in [4.69, 9.17) is 4.74 Å². The minimum absolute atomic E-state index is 0. The SMILES string of the molecule is CCCCCCCCCc1cccc(CCCCCCCCC)c1OC(C)CCS(=O)(=O)[O-].[Na+]. The van der Waals surface area contributed by atoms with Crippen molar-refractivity contribution in [3.8, 4) is 5.75 Å². The second kappa shape index (κ2) is 21.1. The van der Waals surface area contributed by atoms with Crippen LogP contribution in [0.3, 0.4) is 0 Å². The Kier molecular flexibility index (Phi) is 21.0. The molecule has 0 saturated heterocycles. The predicted molar refractivity (Wildman–Crippen MR) is 139 cm³/mol. The Bertz CT molecular complexity index is 685. The van der Waals surface area contributed by atoms with Crippen LogP contribution in [0.5, 0.6) is 5.75 Å². The summed E-state index contributed by atoms with van der Waals surface area (Å²) in [6, 6.07) is 6.43. The molecule has 0 aromatic heterocycles. The molecular weight excluding hydrogens is 455 g/mol. The molecule has 1 atom stereocenters. The van der Waals surface area contributed by atoms with Gasteiger partial charge < -0.3 is 9.29 Å². The summed E-state index contributed by atoms with van der Waals surface area (Å²) in [5, 5.41) is 0. The van der Waals surface area contributed by atoms with E-state index in [-0.39, 0.29) is 47.8 Å². The average molecular weight is 505 g/mol. The molecule has 34 heavy (non-hydrogen) atoms. The van der Waals surface area contributed by atoms with Crippen LogP contribution >= 0.6 is 0 Å². The van der Waals surface area contributed by atoms with E-state index in [9.17, 15) is 13.0 Å². The molecule has 0 fully saturated rings. The molecule has 0 radical (unpaired) electrons. The predicted octanol–water partition coefficient (Wildman–Crippen LogP) is 4.98. The number of unbranched alkanes of at least 4 members (excludes halogenated alkanes) is 12. The van der Waals surface area contributed by atoms with Crippen LogP contribution in [0.4, 0.5) is 0 Å². The Balaban J connectivity index is 0.0000109. The van der Waals surface area contributed by atoms with Crippen molar-refractivity contribution in [2.24, 2.45) is 0 Å². The fraction of sp³-hybridized carbons (Fsp3) is 0.786. The summed E-state index contributed by atoms with van der Waals surface area (Å²) in [5.74, 6) is 0.562. The number of benzene rings is 1. The van der Waals surface area contributed by atoms with Gasteiger partial charge in [-0.25, -0.2) is 8.42 Å². The third-order valence-corrected chi connectivity index (χ3v) is 7.11. The summed E-state index contributed by atoms with van der Waals surface area (Å²) in [5.41, 5.74) is 2.45. The molecule has 4 nitrogen and oxygen atoms in total. The molecule has 0 bridgehead atoms. The summed E-state index contributed by atoms with van der Waals surface area (Å²) in [6.45, 7) is 6.36. The van der Waals surface area contributed by atoms with Gasteiger partial charge in [0.25, 0.3) is 0 Å². The number of hydrogen-bond donors (Lipinski definition) is 0. The molecule has 0 N–H and O–H groups in total. The molecule has 192 valence electrons. The smallest absolute Gasteiger partial charge is 0.748 e. The first kappa shape index (κ1) is 33.9. The molecule has 0 aliphatic heterocycles. The van der Waals surface area contributed by atoms with Crippen LogP contribution in [-0.2, 0) is 23.0 Å². The summed E-state index contributed by atoms with van der Waals surface area (Å²) in [7, 11) is -4.22. The van der Waals surface area contributed by atoms with Crippen LogP contribution in [0.1, 0.15) is 128 Å². The minimum Gasteiger partial charge on any atom is -0.748 e. The van der Waals surface area contributed by atoms with Crippen molar-refractivity contribution in [1.29, 1.82) is 0 Å². The molecule has 6 heteroatoms. The quantitative estimate of drug-likeness (QED) is 0.135. The van der Waals surface area contributed by atoms with Crippen molar-refractivity contribution in [2.45, 2.75) is 136 Å². The first-order valence-corrected chi connectivity index (χ1v) is 15.2. The van der Waals surface area contributed by atoms with Crippen molar-refractivity contribution in [3.05, 3.63) is 29.3 Å². The van der Waals surface area contributed by atoms with Gasteiger partial charge in [-0.2, -0.15) is 0 Å². The third kappa shape index (κ3) is 17.4. The van der Waals surface area contributed by atoms with Gasteiger partial charge >= 0.3 is 29.6 Å². The Labute approximate surface area is 233 Å². The first-order valence-electron chi connectivity index (χ1n) is 13.6. The standard InChI is InChI=1S/C28H50O4S.Na/c1-4-6-8-10-12-14-16-19-26-21-18-22-27(20-17-15-13-11-9-7-5-2)28(26)32-25(3)23-24-33(29,30)31;/h18,21-22,25H,4-17,19-20,23-24H2,1-3H3,(H,29,30,31);/q;+1/p-1. The fourth-order valence-electron chi connectivity index (χ4n) is 4.30. The van der Waals surface area contributed by atoms with Gasteiger partial charge in [0.05, 0.1) is 16.2 Å². The molecular formula is C28H49NaO4S. The fourth-order valence-corrected chi connectivity index (χ4v) is 4.92. The van der Waals surface area contributed by atoms with Gasteiger partial charge in [0.2, 0.25) is 0 Å². The van der Waals surface area contributed by atoms with E-state index in [1.807, 2.05) is 6.92 Å². The number of aryl methyl sites for hydroxylation is 2. The van der Waals surface area contributed by atoms with Crippen LogP contribution in [0.15, 0.2) is 18.2 Å². The van der Waals surface area contributed by atoms with Crippen molar-refractivity contribution >= 4 is 10.1 Å². The Morgan fingerprint density at radius 1 is 0.765 bits per heavy atom. The molecule has 0 aliphatic carbocycles. The second-order valence-corrected chi connectivity index (χ2v) is 11.2. The van der Waals surface area contributed by atoms with Crippen LogP contribution in [0.25, 0.3) is 0 Å². The Morgan fingerprint density at radius 3 is 1.59 bits per heavy atom. The topological polar surface area (TPSA) is 66.4 Å². The molecule has 0 amide bonds. The largest absolute Gasteiger partial charge is 1.00 e. The van der Waals surface area contributed by atoms with E-state index in [1.54, 1.807) is 0 Å². The summed E-state index contributed by atoms with van der Waals surface area (Å²) in [4.78, 5) is 0. The zero-order valence-electron chi connectivity index (χ0n) is 22.6. The zero-order valence-corrected chi connectivity index (χ0v) is 25.4. The molecule has 1 rings (SSSR count). The van der Waals surface area contributed by atoms with E-state index in [0.717, 1.165) is 31.4 Å². The Hall–Kier alpha value is -0.0700. The van der Waals surface area contributed by atoms with Gasteiger partial charge in [-0.05, 0) is 50.2 Å². The van der Waals surface area contributed by atoms with E-state index < -0.39 is 10.1 Å². The molecule has 1 aromatic carbocycles. The normalized spacial score (nSPS) is 12.4. The van der Waals surface area contributed by atoms with Gasteiger partial charge in [0.15, 0.2) is 0 Å². The van der Waals surface area contributed by atoms with Crippen molar-refractivity contribution in [3.63, 3.8) is 0 Å². The molecule has 0 aliphatic rings. The van der Waals surface area contributed by atoms with E-state index in [0.29, 0.717) is 0 Å². The van der Waals surface area contributed by atoms with Crippen molar-refractivity contribution in [2.75, 3.05) is 5.75 Å². The van der Waals surface area contributed by atoms with Crippen LogP contribution in [0, 0.1) is 0 Å². The van der Waals surface area contributed by atoms with Crippen LogP contribution in [0.2, 0.25) is 0 Å². The van der Waals surface area contributed by atoms with E-state index in [1.165, 1.54) is 88.2 Å². The van der Waals surface area contributed by atoms with Crippen LogP contribution < -0.4 is 34.3 Å². The number of para-hydroxylation sites is 1. The Morgan fingerprint density at radius 2 is 1.18 bits per heavy atom. The maximum Gasteiger partial charge on any atom is 1.00 e. The number of rotatable bonds is 21. The first-order chi connectivity index (χ1) is 15.9. The summed E-state index contributed by atoms with van der Waals surface area (Å²) in [6.07, 6.45) is 19.7. The number of ether oxygens (including phenoxy) is 1. The van der Waals surface area contributed by atoms with Crippen molar-refractivity contribution in [1.82, 2.24) is 0 Å². The average Bonchev–Trinajstić information content (AvgIpc) is 2.77. The minimum atomic E-state index is -4.22. The summed E-state index contributed by atoms with van der Waals surface area (Å²) < 4.78 is 39.4. The van der Waals surface area contributed by atoms with Crippen molar-refractivity contribution < 1.29 is 47.3 Å².